The van der Waals surface area contributed by atoms with Gasteiger partial charge in [0.15, 0.2) is 0 Å². The molecular formula is C15H13ClN6O. The molecule has 0 spiro atoms. The van der Waals surface area contributed by atoms with Crippen LogP contribution in [-0.2, 0) is 6.54 Å². The van der Waals surface area contributed by atoms with Gasteiger partial charge in [-0.3, -0.25) is 4.79 Å². The third-order valence-electron chi connectivity index (χ3n) is 3.16. The largest absolute Gasteiger partial charge is 0.321 e. The van der Waals surface area contributed by atoms with Gasteiger partial charge in [-0.05, 0) is 36.4 Å². The number of nitrogens with zero attached hydrogens (tertiary/aromatic N) is 5. The Kier molecular flexibility index (Phi) is 4.29. The minimum absolute atomic E-state index is 0.150. The monoisotopic (exact) mass is 328 g/mol. The van der Waals surface area contributed by atoms with Crippen molar-refractivity contribution in [3.05, 3.63) is 53.3 Å². The number of hydrogen-bond donors (Lipinski definition) is 1. The molecule has 116 valence electrons. The zero-order valence-corrected chi connectivity index (χ0v) is 13.0. The molecule has 0 aliphatic rings. The molecule has 0 saturated heterocycles. The Hall–Kier alpha value is -2.80. The maximum Gasteiger partial charge on any atom is 0.258 e. The van der Waals surface area contributed by atoms with E-state index in [1.165, 1.54) is 11.0 Å². The molecule has 2 aromatic heterocycles. The zero-order valence-electron chi connectivity index (χ0n) is 12.3. The van der Waals surface area contributed by atoms with Crippen molar-refractivity contribution < 1.29 is 4.79 Å². The maximum atomic E-state index is 12.4. The topological polar surface area (TPSA) is 85.6 Å². The second-order valence-electron chi connectivity index (χ2n) is 4.64. The lowest BCUT2D eigenvalue weighted by Crippen LogP contribution is -2.13. The van der Waals surface area contributed by atoms with E-state index in [2.05, 4.69) is 25.7 Å². The van der Waals surface area contributed by atoms with E-state index in [1.807, 2.05) is 25.1 Å². The Morgan fingerprint density at radius 1 is 1.26 bits per heavy atom. The average molecular weight is 329 g/mol. The molecule has 0 aliphatic carbocycles. The quantitative estimate of drug-likeness (QED) is 0.744. The summed E-state index contributed by atoms with van der Waals surface area (Å²) in [5, 5.41) is 15.2. The van der Waals surface area contributed by atoms with E-state index < -0.39 is 0 Å². The molecule has 0 radical (unpaired) electrons. The number of pyridine rings is 1. The van der Waals surface area contributed by atoms with Crippen molar-refractivity contribution in [2.45, 2.75) is 13.5 Å². The first-order valence-corrected chi connectivity index (χ1v) is 7.36. The van der Waals surface area contributed by atoms with Gasteiger partial charge >= 0.3 is 0 Å². The average Bonchev–Trinajstić information content (AvgIpc) is 3.04. The SMILES string of the molecule is CCn1nnc(-c2ccccc2NC(=O)c2cccnc2Cl)n1. The molecule has 23 heavy (non-hydrogen) atoms. The van der Waals surface area contributed by atoms with Gasteiger partial charge < -0.3 is 5.32 Å². The molecule has 3 rings (SSSR count). The summed E-state index contributed by atoms with van der Waals surface area (Å²) in [6, 6.07) is 10.5. The first kappa shape index (κ1) is 15.1. The normalized spacial score (nSPS) is 10.5. The van der Waals surface area contributed by atoms with Crippen LogP contribution in [0.25, 0.3) is 11.4 Å². The summed E-state index contributed by atoms with van der Waals surface area (Å²) in [7, 11) is 0. The molecule has 3 aromatic rings. The van der Waals surface area contributed by atoms with E-state index in [0.717, 1.165) is 0 Å². The third kappa shape index (κ3) is 3.19. The van der Waals surface area contributed by atoms with Crippen molar-refractivity contribution in [3.8, 4) is 11.4 Å². The number of aromatic nitrogens is 5. The van der Waals surface area contributed by atoms with E-state index in [1.54, 1.807) is 18.2 Å². The summed E-state index contributed by atoms with van der Waals surface area (Å²) in [5.41, 5.74) is 1.56. The lowest BCUT2D eigenvalue weighted by Gasteiger charge is -2.09. The van der Waals surface area contributed by atoms with Gasteiger partial charge in [-0.15, -0.1) is 10.2 Å². The summed E-state index contributed by atoms with van der Waals surface area (Å²) in [6.45, 7) is 2.54. The predicted octanol–water partition coefficient (Wildman–Crippen LogP) is 2.66. The molecule has 0 fully saturated rings. The lowest BCUT2D eigenvalue weighted by molar-refractivity contribution is 0.102. The molecule has 1 N–H and O–H groups in total. The Labute approximate surface area is 137 Å². The number of carbonyl (C=O) groups is 1. The fraction of sp³-hybridized carbons (Fsp3) is 0.133. The van der Waals surface area contributed by atoms with Crippen LogP contribution >= 0.6 is 11.6 Å². The zero-order chi connectivity index (χ0) is 16.2. The van der Waals surface area contributed by atoms with Crippen LogP contribution in [0.15, 0.2) is 42.6 Å². The number of rotatable bonds is 4. The molecule has 0 atom stereocenters. The number of nitrogens with one attached hydrogen (secondary N) is 1. The van der Waals surface area contributed by atoms with E-state index in [-0.39, 0.29) is 11.1 Å². The van der Waals surface area contributed by atoms with E-state index in [9.17, 15) is 4.79 Å². The standard InChI is InChI=1S/C15H13ClN6O/c1-2-22-20-14(19-21-22)10-6-3-4-8-12(10)18-15(23)11-7-5-9-17-13(11)16/h3-9H,2H2,1H3,(H,18,23). The van der Waals surface area contributed by atoms with Crippen molar-refractivity contribution in [3.63, 3.8) is 0 Å². The van der Waals surface area contributed by atoms with Crippen LogP contribution < -0.4 is 5.32 Å². The van der Waals surface area contributed by atoms with Gasteiger partial charge in [0.2, 0.25) is 5.82 Å². The molecule has 0 bridgehead atoms. The molecule has 8 heteroatoms. The predicted molar refractivity (Wildman–Crippen MR) is 86.1 cm³/mol. The number of anilines is 1. The molecule has 1 amide bonds. The highest BCUT2D eigenvalue weighted by molar-refractivity contribution is 6.33. The van der Waals surface area contributed by atoms with Crippen molar-refractivity contribution in [1.29, 1.82) is 0 Å². The molecule has 0 saturated carbocycles. The second kappa shape index (κ2) is 6.53. The van der Waals surface area contributed by atoms with Crippen LogP contribution in [-0.4, -0.2) is 31.1 Å². The maximum absolute atomic E-state index is 12.4. The van der Waals surface area contributed by atoms with Crippen LogP contribution in [0.3, 0.4) is 0 Å². The fourth-order valence-electron chi connectivity index (χ4n) is 2.02. The van der Waals surface area contributed by atoms with Crippen molar-refractivity contribution >= 4 is 23.2 Å². The van der Waals surface area contributed by atoms with E-state index >= 15 is 0 Å². The van der Waals surface area contributed by atoms with Crippen LogP contribution in [0, 0.1) is 0 Å². The first-order chi connectivity index (χ1) is 11.2. The van der Waals surface area contributed by atoms with Crippen LogP contribution in [0.2, 0.25) is 5.15 Å². The highest BCUT2D eigenvalue weighted by Gasteiger charge is 2.15. The van der Waals surface area contributed by atoms with Gasteiger partial charge in [0, 0.05) is 11.8 Å². The van der Waals surface area contributed by atoms with Gasteiger partial charge in [0.05, 0.1) is 17.8 Å². The number of carbonyl (C=O) groups excluding carboxylic acids is 1. The number of hydrogen-bond acceptors (Lipinski definition) is 5. The summed E-state index contributed by atoms with van der Waals surface area (Å²) >= 11 is 5.95. The van der Waals surface area contributed by atoms with Gasteiger partial charge in [0.1, 0.15) is 5.15 Å². The number of amides is 1. The fourth-order valence-corrected chi connectivity index (χ4v) is 2.22. The van der Waals surface area contributed by atoms with Crippen molar-refractivity contribution in [1.82, 2.24) is 25.2 Å². The first-order valence-electron chi connectivity index (χ1n) is 6.98. The summed E-state index contributed by atoms with van der Waals surface area (Å²) in [4.78, 5) is 17.8. The van der Waals surface area contributed by atoms with E-state index in [4.69, 9.17) is 11.6 Å². The number of para-hydroxylation sites is 1. The third-order valence-corrected chi connectivity index (χ3v) is 3.46. The minimum atomic E-state index is -0.349. The lowest BCUT2D eigenvalue weighted by atomic mass is 10.1. The Bertz CT molecular complexity index is 847. The van der Waals surface area contributed by atoms with Crippen LogP contribution in [0.5, 0.6) is 0 Å². The minimum Gasteiger partial charge on any atom is -0.321 e. The molecule has 7 nitrogen and oxygen atoms in total. The van der Waals surface area contributed by atoms with Gasteiger partial charge in [-0.2, -0.15) is 4.80 Å². The van der Waals surface area contributed by atoms with Gasteiger partial charge in [-0.25, -0.2) is 4.98 Å². The van der Waals surface area contributed by atoms with Crippen molar-refractivity contribution in [2.24, 2.45) is 0 Å². The molecular weight excluding hydrogens is 316 g/mol. The number of halogens is 1. The number of benzene rings is 1. The highest BCUT2D eigenvalue weighted by Crippen LogP contribution is 2.25. The van der Waals surface area contributed by atoms with Gasteiger partial charge in [0.25, 0.3) is 5.91 Å². The molecule has 0 unspecified atom stereocenters. The van der Waals surface area contributed by atoms with Crippen molar-refractivity contribution in [2.75, 3.05) is 5.32 Å². The Morgan fingerprint density at radius 3 is 2.83 bits per heavy atom. The molecule has 0 aliphatic heterocycles. The summed E-state index contributed by atoms with van der Waals surface area (Å²) < 4.78 is 0. The highest BCUT2D eigenvalue weighted by atomic mass is 35.5. The summed E-state index contributed by atoms with van der Waals surface area (Å²) in [6.07, 6.45) is 1.53. The molecule has 2 heterocycles. The second-order valence-corrected chi connectivity index (χ2v) is 5.00. The Balaban J connectivity index is 1.92. The summed E-state index contributed by atoms with van der Waals surface area (Å²) in [5.74, 6) is 0.0958. The smallest absolute Gasteiger partial charge is 0.258 e. The Morgan fingerprint density at radius 2 is 2.09 bits per heavy atom. The number of aryl methyl sites for hydroxylation is 1. The molecule has 1 aromatic carbocycles. The van der Waals surface area contributed by atoms with E-state index in [0.29, 0.717) is 29.2 Å². The van der Waals surface area contributed by atoms with Gasteiger partial charge in [-0.1, -0.05) is 23.7 Å². The van der Waals surface area contributed by atoms with Crippen LogP contribution in [0.1, 0.15) is 17.3 Å². The number of tetrazole rings is 1. The van der Waals surface area contributed by atoms with Crippen LogP contribution in [0.4, 0.5) is 5.69 Å².